The van der Waals surface area contributed by atoms with Crippen LogP contribution in [0.4, 0.5) is 44.9 Å². The number of aromatic nitrogens is 6. The van der Waals surface area contributed by atoms with E-state index >= 15 is 0 Å². The van der Waals surface area contributed by atoms with Crippen molar-refractivity contribution < 1.29 is 52.6 Å². The number of aromatic hydroxyl groups is 1. The topological polar surface area (TPSA) is 238 Å². The van der Waals surface area contributed by atoms with Gasteiger partial charge >= 0.3 is 12.2 Å². The minimum Gasteiger partial charge on any atom is -0.504 e. The van der Waals surface area contributed by atoms with Gasteiger partial charge < -0.3 is 87.1 Å². The van der Waals surface area contributed by atoms with E-state index in [0.29, 0.717) is 112 Å². The number of phenolic OH excluding ortho intramolecular Hbond substituents is 1. The van der Waals surface area contributed by atoms with Crippen molar-refractivity contribution in [2.75, 3.05) is 224 Å². The summed E-state index contributed by atoms with van der Waals surface area (Å²) in [7, 11) is 16.4. The van der Waals surface area contributed by atoms with Gasteiger partial charge in [0.2, 0.25) is 17.8 Å². The Labute approximate surface area is 572 Å². The number of nitrogens with zero attached hydrogens (tertiary/aromatic N) is 16. The third kappa shape index (κ3) is 19.7. The van der Waals surface area contributed by atoms with Crippen LogP contribution in [-0.2, 0) is 14.2 Å². The number of benzene rings is 3. The Balaban J connectivity index is 0.000000177. The van der Waals surface area contributed by atoms with Crippen LogP contribution in [0, 0.1) is 0 Å². The molecule has 8 heterocycles. The number of piperidine rings is 1. The Morgan fingerprint density at radius 3 is 1.16 bits per heavy atom. The van der Waals surface area contributed by atoms with Crippen molar-refractivity contribution in [3.63, 3.8) is 0 Å². The molecule has 27 nitrogen and oxygen atoms in total. The molecule has 2 amide bonds. The lowest BCUT2D eigenvalue weighted by molar-refractivity contribution is 0.0230. The zero-order chi connectivity index (χ0) is 69.6. The predicted molar refractivity (Wildman–Crippen MR) is 382 cm³/mol. The lowest BCUT2D eigenvalue weighted by atomic mass is 10.1. The zero-order valence-electron chi connectivity index (χ0n) is 60.2. The van der Waals surface area contributed by atoms with Crippen LogP contribution in [-0.4, -0.2) is 273 Å². The van der Waals surface area contributed by atoms with Gasteiger partial charge in [0, 0.05) is 168 Å². The Hall–Kier alpha value is -8.30. The molecule has 532 valence electrons. The van der Waals surface area contributed by atoms with E-state index in [0.717, 1.165) is 115 Å². The predicted octanol–water partition coefficient (Wildman–Crippen LogP) is 8.89. The van der Waals surface area contributed by atoms with E-state index in [-0.39, 0.29) is 17.9 Å². The van der Waals surface area contributed by atoms with Gasteiger partial charge in [-0.2, -0.15) is 15.0 Å². The number of rotatable bonds is 19. The molecule has 0 saturated carbocycles. The third-order valence-electron chi connectivity index (χ3n) is 17.2. The van der Waals surface area contributed by atoms with Gasteiger partial charge in [-0.05, 0) is 118 Å². The van der Waals surface area contributed by atoms with Crippen LogP contribution in [0.3, 0.4) is 0 Å². The second-order valence-electron chi connectivity index (χ2n) is 27.7. The number of hydrogen-bond donors (Lipinski definition) is 1. The number of likely N-dealkylation sites (tertiary alicyclic amines) is 1. The summed E-state index contributed by atoms with van der Waals surface area (Å²) in [5.74, 6) is 7.71. The van der Waals surface area contributed by atoms with Crippen molar-refractivity contribution in [1.29, 1.82) is 0 Å². The second kappa shape index (κ2) is 33.3. The number of morpholine rings is 1. The molecule has 27 heteroatoms. The monoisotopic (exact) mass is 1350 g/mol. The first kappa shape index (κ1) is 73.0. The molecule has 5 saturated heterocycles. The summed E-state index contributed by atoms with van der Waals surface area (Å²) in [5.41, 5.74) is 1.30. The maximum atomic E-state index is 12.5. The second-order valence-corrected chi connectivity index (χ2v) is 27.7. The van der Waals surface area contributed by atoms with Crippen molar-refractivity contribution in [1.82, 2.24) is 49.5 Å². The molecule has 0 unspecified atom stereocenters. The van der Waals surface area contributed by atoms with Crippen LogP contribution < -0.4 is 53.1 Å². The first-order chi connectivity index (χ1) is 46.4. The SMILES string of the molecule is COc1cc2c(N3CCCCC3)nc(N(C)C)nc2cc1O.COc1cc2c(N3CCN(C(=O)OC(C)(C)C)CC3)nc(N(C)C)nc2cc1OCCCN1CCCC1.COc1cc2c(N3CCN(C(=O)OC(C)(C)C)CC3)nc(N(C)C)nc2cc1OCCCN1CCOCC1. The molecule has 0 radical (unpaired) electrons. The first-order valence-electron chi connectivity index (χ1n) is 34.3. The summed E-state index contributed by atoms with van der Waals surface area (Å²) in [6.07, 6.45) is 7.55. The Kier molecular flexibility index (Phi) is 25.0. The van der Waals surface area contributed by atoms with Crippen LogP contribution in [0.1, 0.15) is 86.5 Å². The summed E-state index contributed by atoms with van der Waals surface area (Å²) in [4.78, 5) is 74.5. The number of carbonyl (C=O) groups excluding carboxylic acids is 2. The standard InChI is InChI=1S/C27H42N6O5.C27H42N6O4.C16H22N4O2/c1-27(2,3)38-26(34)33-11-9-32(10-12-33)24-20-18-22(35-6)23(19-21(20)28-25(29-24)30(4)5)37-15-7-8-31-13-16-36-17-14-31;1-27(2,3)37-26(34)33-15-13-32(14-16-33)24-20-18-22(35-6)23(19-21(20)28-25(29-24)30(4)5)36-17-9-12-31-10-7-8-11-31;1-19(2)16-17-12-10-13(21)14(22-3)9-11(12)15(18-16)20-7-5-4-6-8-20/h18-19H,7-17H2,1-6H3;18-19H,7-17H2,1-6H3;9-10,21H,4-8H2,1-3H3. The van der Waals surface area contributed by atoms with Gasteiger partial charge in [0.15, 0.2) is 34.5 Å². The molecule has 11 rings (SSSR count). The molecule has 0 bridgehead atoms. The fourth-order valence-electron chi connectivity index (χ4n) is 12.1. The van der Waals surface area contributed by atoms with Crippen molar-refractivity contribution in [3.8, 4) is 34.5 Å². The molecule has 1 N–H and O–H groups in total. The molecule has 6 aromatic rings. The van der Waals surface area contributed by atoms with Crippen LogP contribution >= 0.6 is 0 Å². The average molecular weight is 1350 g/mol. The molecule has 0 aliphatic carbocycles. The highest BCUT2D eigenvalue weighted by Gasteiger charge is 2.31. The molecule has 5 aliphatic heterocycles. The highest BCUT2D eigenvalue weighted by atomic mass is 16.6. The molecular weight excluding hydrogens is 1240 g/mol. The average Bonchev–Trinajstić information content (AvgIpc) is 0.874. The number of piperazine rings is 2. The van der Waals surface area contributed by atoms with E-state index in [2.05, 4.69) is 29.5 Å². The molecule has 3 aromatic heterocycles. The van der Waals surface area contributed by atoms with Gasteiger partial charge in [0.1, 0.15) is 28.7 Å². The first-order valence-corrected chi connectivity index (χ1v) is 34.3. The smallest absolute Gasteiger partial charge is 0.410 e. The third-order valence-corrected chi connectivity index (χ3v) is 17.2. The number of anilines is 6. The van der Waals surface area contributed by atoms with Crippen molar-refractivity contribution >= 4 is 80.2 Å². The number of carbonyl (C=O) groups is 2. The van der Waals surface area contributed by atoms with Gasteiger partial charge in [-0.1, -0.05) is 0 Å². The molecule has 3 aromatic carbocycles. The Morgan fingerprint density at radius 1 is 0.443 bits per heavy atom. The molecule has 5 fully saturated rings. The normalized spacial score (nSPS) is 16.5. The van der Waals surface area contributed by atoms with E-state index in [4.69, 9.17) is 62.8 Å². The van der Waals surface area contributed by atoms with Gasteiger partial charge in [0.25, 0.3) is 0 Å². The summed E-state index contributed by atoms with van der Waals surface area (Å²) in [6, 6.07) is 11.3. The van der Waals surface area contributed by atoms with E-state index in [1.54, 1.807) is 37.2 Å². The Bertz CT molecular complexity index is 3570. The molecule has 0 atom stereocenters. The van der Waals surface area contributed by atoms with E-state index in [1.165, 1.54) is 45.2 Å². The highest BCUT2D eigenvalue weighted by molar-refractivity contribution is 5.95. The summed E-state index contributed by atoms with van der Waals surface area (Å²) >= 11 is 0. The van der Waals surface area contributed by atoms with Crippen molar-refractivity contribution in [2.24, 2.45) is 0 Å². The highest BCUT2D eigenvalue weighted by Crippen LogP contribution is 2.40. The molecule has 0 spiro atoms. The van der Waals surface area contributed by atoms with Crippen LogP contribution in [0.15, 0.2) is 36.4 Å². The summed E-state index contributed by atoms with van der Waals surface area (Å²) in [5, 5.41) is 12.7. The number of hydrogen-bond acceptors (Lipinski definition) is 25. The van der Waals surface area contributed by atoms with E-state index < -0.39 is 11.2 Å². The van der Waals surface area contributed by atoms with Crippen LogP contribution in [0.25, 0.3) is 32.7 Å². The van der Waals surface area contributed by atoms with E-state index in [9.17, 15) is 14.7 Å². The summed E-state index contributed by atoms with van der Waals surface area (Å²) < 4.78 is 45.5. The maximum absolute atomic E-state index is 12.5. The minimum absolute atomic E-state index is 0.100. The summed E-state index contributed by atoms with van der Waals surface area (Å²) in [6.45, 7) is 27.3. The number of amides is 2. The van der Waals surface area contributed by atoms with Gasteiger partial charge in [0.05, 0.1) is 64.3 Å². The number of methoxy groups -OCH3 is 3. The fourth-order valence-corrected chi connectivity index (χ4v) is 12.1. The number of phenols is 1. The number of fused-ring (bicyclic) bond motifs is 3. The largest absolute Gasteiger partial charge is 0.504 e. The lowest BCUT2D eigenvalue weighted by Gasteiger charge is -2.36. The fraction of sp³-hybridized carbons (Fsp3) is 0.629. The number of ether oxygens (including phenoxy) is 8. The van der Waals surface area contributed by atoms with Crippen molar-refractivity contribution in [3.05, 3.63) is 36.4 Å². The molecule has 97 heavy (non-hydrogen) atoms. The van der Waals surface area contributed by atoms with Crippen molar-refractivity contribution in [2.45, 2.75) is 97.7 Å². The van der Waals surface area contributed by atoms with Gasteiger partial charge in [-0.25, -0.2) is 24.5 Å². The van der Waals surface area contributed by atoms with Crippen LogP contribution in [0.2, 0.25) is 0 Å². The minimum atomic E-state index is -0.517. The van der Waals surface area contributed by atoms with Gasteiger partial charge in [-0.15, -0.1) is 0 Å². The molecule has 5 aliphatic rings. The maximum Gasteiger partial charge on any atom is 0.410 e. The Morgan fingerprint density at radius 2 is 0.794 bits per heavy atom. The zero-order valence-corrected chi connectivity index (χ0v) is 60.2. The molecular formula is C70H106N16O11. The van der Waals surface area contributed by atoms with E-state index in [1.807, 2.05) is 129 Å². The quantitative estimate of drug-likeness (QED) is 0.0745. The lowest BCUT2D eigenvalue weighted by Crippen LogP contribution is -2.50. The van der Waals surface area contributed by atoms with Gasteiger partial charge in [-0.3, -0.25) is 4.90 Å². The van der Waals surface area contributed by atoms with Crippen LogP contribution in [0.5, 0.6) is 34.5 Å².